The second-order valence-electron chi connectivity index (χ2n) is 6.24. The van der Waals surface area contributed by atoms with Gasteiger partial charge in [-0.15, -0.1) is 0 Å². The summed E-state index contributed by atoms with van der Waals surface area (Å²) in [6, 6.07) is 11.4. The number of nitrogens with one attached hydrogen (secondary N) is 1. The summed E-state index contributed by atoms with van der Waals surface area (Å²) >= 11 is 3.37. The summed E-state index contributed by atoms with van der Waals surface area (Å²) in [5.41, 5.74) is 2.51. The highest BCUT2D eigenvalue weighted by atomic mass is 79.9. The van der Waals surface area contributed by atoms with Crippen LogP contribution >= 0.6 is 15.9 Å². The van der Waals surface area contributed by atoms with Crippen molar-refractivity contribution in [3.63, 3.8) is 0 Å². The van der Waals surface area contributed by atoms with E-state index in [0.29, 0.717) is 0 Å². The van der Waals surface area contributed by atoms with Crippen molar-refractivity contribution in [1.82, 2.24) is 10.3 Å². The van der Waals surface area contributed by atoms with E-state index in [4.69, 9.17) is 5.11 Å². The minimum absolute atomic E-state index is 0.232. The molecule has 2 rings (SSSR count). The van der Waals surface area contributed by atoms with E-state index in [1.54, 1.807) is 6.20 Å². The Morgan fingerprint density at radius 1 is 1.27 bits per heavy atom. The molecule has 0 spiro atoms. The fourth-order valence-electron chi connectivity index (χ4n) is 2.35. The van der Waals surface area contributed by atoms with E-state index in [9.17, 15) is 4.79 Å². The average molecular weight is 363 g/mol. The first kappa shape index (κ1) is 16.5. The largest absolute Gasteiger partial charge is 0.465 e. The number of benzene rings is 1. The zero-order valence-electron chi connectivity index (χ0n) is 12.8. The van der Waals surface area contributed by atoms with Crippen molar-refractivity contribution in [3.05, 3.63) is 52.6 Å². The minimum atomic E-state index is -1.02. The quantitative estimate of drug-likeness (QED) is 0.818. The third kappa shape index (κ3) is 4.07. The van der Waals surface area contributed by atoms with Crippen LogP contribution in [0.25, 0.3) is 11.3 Å². The van der Waals surface area contributed by atoms with Gasteiger partial charge in [0.1, 0.15) is 0 Å². The predicted octanol–water partition coefficient (Wildman–Crippen LogP) is 4.87. The topological polar surface area (TPSA) is 62.2 Å². The first-order valence-corrected chi connectivity index (χ1v) is 7.78. The summed E-state index contributed by atoms with van der Waals surface area (Å²) in [5.74, 6) is 0. The van der Waals surface area contributed by atoms with Crippen LogP contribution in [0.1, 0.15) is 32.4 Å². The van der Waals surface area contributed by atoms with Gasteiger partial charge in [-0.05, 0) is 45.1 Å². The summed E-state index contributed by atoms with van der Waals surface area (Å²) < 4.78 is 0.924. The van der Waals surface area contributed by atoms with Gasteiger partial charge in [0, 0.05) is 16.2 Å². The number of pyridine rings is 1. The van der Waals surface area contributed by atoms with Crippen molar-refractivity contribution in [1.29, 1.82) is 0 Å². The molecule has 5 heteroatoms. The van der Waals surface area contributed by atoms with Gasteiger partial charge in [0.2, 0.25) is 0 Å². The molecule has 22 heavy (non-hydrogen) atoms. The number of amides is 1. The molecule has 116 valence electrons. The smallest absolute Gasteiger partial charge is 0.405 e. The SMILES string of the molecule is CC(C)(C)C(NC(=O)O)c1cccc(-c2ccc(Br)cn2)c1. The second kappa shape index (κ2) is 6.48. The molecule has 0 saturated carbocycles. The number of carbonyl (C=O) groups is 1. The number of hydrogen-bond donors (Lipinski definition) is 2. The van der Waals surface area contributed by atoms with Crippen molar-refractivity contribution in [3.8, 4) is 11.3 Å². The van der Waals surface area contributed by atoms with Crippen molar-refractivity contribution < 1.29 is 9.90 Å². The lowest BCUT2D eigenvalue weighted by Gasteiger charge is -2.31. The summed E-state index contributed by atoms with van der Waals surface area (Å²) in [5, 5.41) is 11.7. The van der Waals surface area contributed by atoms with Crippen LogP contribution in [0.3, 0.4) is 0 Å². The third-order valence-corrected chi connectivity index (χ3v) is 3.85. The zero-order valence-corrected chi connectivity index (χ0v) is 14.4. The standard InChI is InChI=1S/C17H19BrN2O2/c1-17(2,3)15(20-16(21)22)12-6-4-5-11(9-12)14-8-7-13(18)10-19-14/h4-10,15,20H,1-3H3,(H,21,22). The fourth-order valence-corrected chi connectivity index (χ4v) is 2.58. The Balaban J connectivity index is 2.41. The summed E-state index contributed by atoms with van der Waals surface area (Å²) in [4.78, 5) is 15.5. The monoisotopic (exact) mass is 362 g/mol. The molecule has 0 aliphatic heterocycles. The van der Waals surface area contributed by atoms with Crippen LogP contribution in [-0.4, -0.2) is 16.2 Å². The normalized spacial score (nSPS) is 12.7. The highest BCUT2D eigenvalue weighted by Crippen LogP contribution is 2.34. The third-order valence-electron chi connectivity index (χ3n) is 3.38. The van der Waals surface area contributed by atoms with Crippen LogP contribution in [0.15, 0.2) is 47.1 Å². The highest BCUT2D eigenvalue weighted by Gasteiger charge is 2.28. The van der Waals surface area contributed by atoms with Crippen LogP contribution < -0.4 is 5.32 Å². The number of nitrogens with zero attached hydrogens (tertiary/aromatic N) is 1. The Bertz CT molecular complexity index is 663. The fraction of sp³-hybridized carbons (Fsp3) is 0.294. The van der Waals surface area contributed by atoms with Gasteiger partial charge in [0.15, 0.2) is 0 Å². The van der Waals surface area contributed by atoms with E-state index in [2.05, 4.69) is 26.2 Å². The van der Waals surface area contributed by atoms with Crippen LogP contribution in [-0.2, 0) is 0 Å². The van der Waals surface area contributed by atoms with Gasteiger partial charge in [0.25, 0.3) is 0 Å². The Kier molecular flexibility index (Phi) is 4.86. The van der Waals surface area contributed by atoms with Crippen LogP contribution in [0, 0.1) is 5.41 Å². The molecule has 4 nitrogen and oxygen atoms in total. The maximum absolute atomic E-state index is 11.1. The van der Waals surface area contributed by atoms with E-state index in [-0.39, 0.29) is 11.5 Å². The summed E-state index contributed by atoms with van der Waals surface area (Å²) in [6.07, 6.45) is 0.728. The van der Waals surface area contributed by atoms with Crippen molar-refractivity contribution >= 4 is 22.0 Å². The molecule has 1 aromatic carbocycles. The van der Waals surface area contributed by atoms with Crippen LogP contribution in [0.4, 0.5) is 4.79 Å². The van der Waals surface area contributed by atoms with Gasteiger partial charge >= 0.3 is 6.09 Å². The molecule has 0 fully saturated rings. The Morgan fingerprint density at radius 2 is 2.00 bits per heavy atom. The second-order valence-corrected chi connectivity index (χ2v) is 7.15. The maximum atomic E-state index is 11.1. The van der Waals surface area contributed by atoms with Crippen LogP contribution in [0.5, 0.6) is 0 Å². The molecule has 1 atom stereocenters. The number of carboxylic acid groups (broad SMARTS) is 1. The predicted molar refractivity (Wildman–Crippen MR) is 90.7 cm³/mol. The van der Waals surface area contributed by atoms with Crippen molar-refractivity contribution in [2.24, 2.45) is 5.41 Å². The minimum Gasteiger partial charge on any atom is -0.465 e. The van der Waals surface area contributed by atoms with E-state index < -0.39 is 6.09 Å². The van der Waals surface area contributed by atoms with E-state index in [1.165, 1.54) is 0 Å². The first-order valence-electron chi connectivity index (χ1n) is 6.99. The summed E-state index contributed by atoms with van der Waals surface area (Å²) in [6.45, 7) is 6.04. The number of hydrogen-bond acceptors (Lipinski definition) is 2. The molecule has 1 heterocycles. The zero-order chi connectivity index (χ0) is 16.3. The van der Waals surface area contributed by atoms with Gasteiger partial charge in [0.05, 0.1) is 11.7 Å². The van der Waals surface area contributed by atoms with Crippen molar-refractivity contribution in [2.75, 3.05) is 0 Å². The Hall–Kier alpha value is -1.88. The summed E-state index contributed by atoms with van der Waals surface area (Å²) in [7, 11) is 0. The van der Waals surface area contributed by atoms with Gasteiger partial charge in [-0.3, -0.25) is 4.98 Å². The molecular formula is C17H19BrN2O2. The lowest BCUT2D eigenvalue weighted by molar-refractivity contribution is 0.175. The molecular weight excluding hydrogens is 344 g/mol. The molecule has 1 amide bonds. The molecule has 0 bridgehead atoms. The van der Waals surface area contributed by atoms with Gasteiger partial charge in [-0.1, -0.05) is 39.0 Å². The highest BCUT2D eigenvalue weighted by molar-refractivity contribution is 9.10. The Morgan fingerprint density at radius 3 is 2.55 bits per heavy atom. The van der Waals surface area contributed by atoms with Gasteiger partial charge in [-0.25, -0.2) is 4.79 Å². The molecule has 2 N–H and O–H groups in total. The molecule has 2 aromatic rings. The van der Waals surface area contributed by atoms with Crippen molar-refractivity contribution in [2.45, 2.75) is 26.8 Å². The lowest BCUT2D eigenvalue weighted by Crippen LogP contribution is -2.35. The number of halogens is 1. The maximum Gasteiger partial charge on any atom is 0.405 e. The average Bonchev–Trinajstić information content (AvgIpc) is 2.44. The van der Waals surface area contributed by atoms with Crippen LogP contribution in [0.2, 0.25) is 0 Å². The number of rotatable bonds is 3. The molecule has 0 aliphatic rings. The van der Waals surface area contributed by atoms with E-state index in [1.807, 2.05) is 57.2 Å². The molecule has 1 unspecified atom stereocenters. The van der Waals surface area contributed by atoms with Gasteiger partial charge < -0.3 is 10.4 Å². The van der Waals surface area contributed by atoms with E-state index >= 15 is 0 Å². The lowest BCUT2D eigenvalue weighted by atomic mass is 9.82. The first-order chi connectivity index (χ1) is 10.3. The molecule has 0 aliphatic carbocycles. The molecule has 1 aromatic heterocycles. The van der Waals surface area contributed by atoms with E-state index in [0.717, 1.165) is 21.3 Å². The molecule has 0 radical (unpaired) electrons. The van der Waals surface area contributed by atoms with Gasteiger partial charge in [-0.2, -0.15) is 0 Å². The number of aromatic nitrogens is 1. The molecule has 0 saturated heterocycles. The Labute approximate surface area is 138 Å².